The Labute approximate surface area is 115 Å². The van der Waals surface area contributed by atoms with E-state index in [9.17, 15) is 0 Å². The van der Waals surface area contributed by atoms with Gasteiger partial charge in [0.2, 0.25) is 3.79 Å². The fourth-order valence-electron chi connectivity index (χ4n) is 1.74. The molecule has 1 N–H and O–H groups in total. The maximum Gasteiger partial charge on any atom is 0.205 e. The van der Waals surface area contributed by atoms with Gasteiger partial charge in [0.25, 0.3) is 0 Å². The maximum atomic E-state index is 5.89. The van der Waals surface area contributed by atoms with Gasteiger partial charge in [0, 0.05) is 5.39 Å². The van der Waals surface area contributed by atoms with E-state index in [1.54, 1.807) is 13.3 Å². The quantitative estimate of drug-likeness (QED) is 0.867. The van der Waals surface area contributed by atoms with Crippen LogP contribution in [0.3, 0.4) is 0 Å². The van der Waals surface area contributed by atoms with E-state index in [2.05, 4.69) is 5.32 Å². The first-order valence-corrected chi connectivity index (χ1v) is 6.34. The molecule has 17 heavy (non-hydrogen) atoms. The molecule has 0 spiro atoms. The molecule has 2 aromatic rings. The summed E-state index contributed by atoms with van der Waals surface area (Å²) in [4.78, 5) is 0. The van der Waals surface area contributed by atoms with Crippen LogP contribution in [-0.2, 0) is 6.42 Å². The Bertz CT molecular complexity index is 504. The second-order valence-electron chi connectivity index (χ2n) is 3.88. The van der Waals surface area contributed by atoms with Gasteiger partial charge in [-0.15, -0.1) is 0 Å². The fraction of sp³-hybridized carbons (Fsp3) is 0.333. The van der Waals surface area contributed by atoms with Gasteiger partial charge in [-0.2, -0.15) is 0 Å². The predicted molar refractivity (Wildman–Crippen MR) is 73.1 cm³/mol. The average Bonchev–Trinajstić information content (AvgIpc) is 2.71. The molecular weight excluding hydrogens is 280 g/mol. The summed E-state index contributed by atoms with van der Waals surface area (Å²) in [6.07, 6.45) is 2.29. The summed E-state index contributed by atoms with van der Waals surface area (Å²) in [5.74, 6) is 0. The first kappa shape index (κ1) is 13.0. The van der Waals surface area contributed by atoms with Crippen LogP contribution in [0.5, 0.6) is 0 Å². The summed E-state index contributed by atoms with van der Waals surface area (Å²) in [7, 11) is 1.78. The van der Waals surface area contributed by atoms with Gasteiger partial charge in [-0.05, 0) is 31.2 Å². The Hall–Kier alpha value is -0.410. The molecule has 2 nitrogen and oxygen atoms in total. The van der Waals surface area contributed by atoms with Crippen molar-refractivity contribution in [1.82, 2.24) is 5.32 Å². The normalized spacial score (nSPS) is 14.1. The van der Waals surface area contributed by atoms with Gasteiger partial charge >= 0.3 is 0 Å². The number of alkyl halides is 3. The number of benzene rings is 1. The molecule has 1 aromatic carbocycles. The summed E-state index contributed by atoms with van der Waals surface area (Å²) in [5, 5.41) is 4.08. The summed E-state index contributed by atoms with van der Waals surface area (Å²) in [6, 6.07) is 7.66. The Morgan fingerprint density at radius 3 is 2.71 bits per heavy atom. The van der Waals surface area contributed by atoms with E-state index in [-0.39, 0.29) is 6.04 Å². The smallest absolute Gasteiger partial charge is 0.205 e. The van der Waals surface area contributed by atoms with Crippen LogP contribution in [0.4, 0.5) is 0 Å². The standard InChI is InChI=1S/C12H12Cl3NO/c1-16-11(12(13,14)15)7-8-2-3-9-4-5-17-10(9)6-8/h2-6,11,16H,7H2,1H3. The van der Waals surface area contributed by atoms with E-state index in [1.807, 2.05) is 24.3 Å². The van der Waals surface area contributed by atoms with Gasteiger partial charge in [-0.1, -0.05) is 46.9 Å². The Morgan fingerprint density at radius 2 is 2.06 bits per heavy atom. The molecule has 1 aromatic heterocycles. The molecule has 0 fully saturated rings. The van der Waals surface area contributed by atoms with Crippen molar-refractivity contribution in [1.29, 1.82) is 0 Å². The second kappa shape index (κ2) is 5.07. The molecule has 0 aliphatic carbocycles. The van der Waals surface area contributed by atoms with E-state index in [1.165, 1.54) is 0 Å². The van der Waals surface area contributed by atoms with Crippen LogP contribution in [-0.4, -0.2) is 16.9 Å². The van der Waals surface area contributed by atoms with E-state index < -0.39 is 3.79 Å². The largest absolute Gasteiger partial charge is 0.464 e. The number of rotatable bonds is 3. The topological polar surface area (TPSA) is 25.2 Å². The molecule has 1 heterocycles. The Balaban J connectivity index is 2.22. The van der Waals surface area contributed by atoms with Crippen LogP contribution in [0.1, 0.15) is 5.56 Å². The van der Waals surface area contributed by atoms with Gasteiger partial charge in [-0.3, -0.25) is 0 Å². The van der Waals surface area contributed by atoms with Crippen LogP contribution < -0.4 is 5.32 Å². The highest BCUT2D eigenvalue weighted by molar-refractivity contribution is 6.68. The zero-order valence-electron chi connectivity index (χ0n) is 9.21. The highest BCUT2D eigenvalue weighted by Crippen LogP contribution is 2.32. The first-order chi connectivity index (χ1) is 8.00. The zero-order chi connectivity index (χ0) is 12.5. The van der Waals surface area contributed by atoms with Gasteiger partial charge in [0.15, 0.2) is 0 Å². The minimum absolute atomic E-state index is 0.236. The number of likely N-dealkylation sites (N-methyl/N-ethyl adjacent to an activating group) is 1. The van der Waals surface area contributed by atoms with Gasteiger partial charge in [0.05, 0.1) is 12.3 Å². The van der Waals surface area contributed by atoms with E-state index >= 15 is 0 Å². The molecule has 92 valence electrons. The van der Waals surface area contributed by atoms with Crippen molar-refractivity contribution in [3.63, 3.8) is 0 Å². The minimum atomic E-state index is -1.33. The van der Waals surface area contributed by atoms with Crippen LogP contribution in [0, 0.1) is 0 Å². The molecule has 2 rings (SSSR count). The number of halogens is 3. The average molecular weight is 293 g/mol. The number of hydrogen-bond acceptors (Lipinski definition) is 2. The third-order valence-electron chi connectivity index (χ3n) is 2.70. The van der Waals surface area contributed by atoms with Crippen molar-refractivity contribution in [2.45, 2.75) is 16.3 Å². The Kier molecular flexibility index (Phi) is 3.88. The van der Waals surface area contributed by atoms with Gasteiger partial charge in [0.1, 0.15) is 5.58 Å². The molecular formula is C12H12Cl3NO. The lowest BCUT2D eigenvalue weighted by Crippen LogP contribution is -2.39. The van der Waals surface area contributed by atoms with Crippen molar-refractivity contribution >= 4 is 45.8 Å². The third-order valence-corrected chi connectivity index (χ3v) is 3.49. The predicted octanol–water partition coefficient (Wildman–Crippen LogP) is 3.93. The summed E-state index contributed by atoms with van der Waals surface area (Å²) in [5.41, 5.74) is 1.92. The van der Waals surface area contributed by atoms with Crippen molar-refractivity contribution in [3.8, 4) is 0 Å². The summed E-state index contributed by atoms with van der Waals surface area (Å²) < 4.78 is 4.01. The second-order valence-corrected chi connectivity index (χ2v) is 6.25. The van der Waals surface area contributed by atoms with E-state index in [0.717, 1.165) is 16.5 Å². The monoisotopic (exact) mass is 291 g/mol. The highest BCUT2D eigenvalue weighted by Gasteiger charge is 2.31. The van der Waals surface area contributed by atoms with Crippen LogP contribution in [0.25, 0.3) is 11.0 Å². The highest BCUT2D eigenvalue weighted by atomic mass is 35.6. The van der Waals surface area contributed by atoms with Crippen molar-refractivity contribution < 1.29 is 4.42 Å². The molecule has 0 aliphatic rings. The van der Waals surface area contributed by atoms with Crippen molar-refractivity contribution in [2.75, 3.05) is 7.05 Å². The first-order valence-electron chi connectivity index (χ1n) is 5.21. The molecule has 0 saturated heterocycles. The maximum absolute atomic E-state index is 5.89. The zero-order valence-corrected chi connectivity index (χ0v) is 11.5. The molecule has 0 bridgehead atoms. The van der Waals surface area contributed by atoms with E-state index in [4.69, 9.17) is 39.2 Å². The Morgan fingerprint density at radius 1 is 1.29 bits per heavy atom. The number of nitrogens with one attached hydrogen (secondary N) is 1. The lowest BCUT2D eigenvalue weighted by Gasteiger charge is -2.23. The lowest BCUT2D eigenvalue weighted by molar-refractivity contribution is 0.568. The van der Waals surface area contributed by atoms with Crippen molar-refractivity contribution in [2.24, 2.45) is 0 Å². The molecule has 0 aliphatic heterocycles. The summed E-state index contributed by atoms with van der Waals surface area (Å²) in [6.45, 7) is 0. The molecule has 1 unspecified atom stereocenters. The number of fused-ring (bicyclic) bond motifs is 1. The molecule has 0 saturated carbocycles. The molecule has 0 amide bonds. The molecule has 0 radical (unpaired) electrons. The van der Waals surface area contributed by atoms with Crippen LogP contribution in [0.2, 0.25) is 0 Å². The van der Waals surface area contributed by atoms with Gasteiger partial charge in [-0.25, -0.2) is 0 Å². The van der Waals surface area contributed by atoms with Crippen molar-refractivity contribution in [3.05, 3.63) is 36.1 Å². The van der Waals surface area contributed by atoms with E-state index in [0.29, 0.717) is 6.42 Å². The molecule has 1 atom stereocenters. The summed E-state index contributed by atoms with van der Waals surface area (Å²) >= 11 is 17.7. The number of furan rings is 1. The van der Waals surface area contributed by atoms with Gasteiger partial charge < -0.3 is 9.73 Å². The number of hydrogen-bond donors (Lipinski definition) is 1. The third kappa shape index (κ3) is 3.08. The fourth-order valence-corrected chi connectivity index (χ4v) is 2.30. The molecule has 5 heteroatoms. The van der Waals surface area contributed by atoms with Crippen LogP contribution in [0.15, 0.2) is 34.9 Å². The minimum Gasteiger partial charge on any atom is -0.464 e. The van der Waals surface area contributed by atoms with Crippen LogP contribution >= 0.6 is 34.8 Å². The SMILES string of the molecule is CNC(Cc1ccc2ccoc2c1)C(Cl)(Cl)Cl. The lowest BCUT2D eigenvalue weighted by atomic mass is 10.1.